The van der Waals surface area contributed by atoms with Crippen LogP contribution in [0.5, 0.6) is 5.88 Å². The predicted octanol–water partition coefficient (Wildman–Crippen LogP) is 3.84. The smallest absolute Gasteiger partial charge is 0.416 e. The summed E-state index contributed by atoms with van der Waals surface area (Å²) in [7, 11) is 3.22. The van der Waals surface area contributed by atoms with Crippen LogP contribution in [0.25, 0.3) is 17.2 Å². The zero-order chi connectivity index (χ0) is 35.9. The number of benzene rings is 1. The Balaban J connectivity index is 1.38. The Morgan fingerprint density at radius 2 is 1.84 bits per heavy atom. The lowest BCUT2D eigenvalue weighted by Crippen LogP contribution is -2.51. The number of halogens is 4. The van der Waals surface area contributed by atoms with Crippen molar-refractivity contribution in [3.05, 3.63) is 80.6 Å². The number of anilines is 2. The lowest BCUT2D eigenvalue weighted by molar-refractivity contribution is -0.137. The van der Waals surface area contributed by atoms with E-state index in [9.17, 15) is 27.6 Å². The molecule has 262 valence electrons. The van der Waals surface area contributed by atoms with Crippen molar-refractivity contribution < 1.29 is 27.5 Å². The standard InChI is InChI=1S/C32H32ClF3N10O4/c1-5-24-27(43-10-12-44(13-11-43)29(48)21-16-38-42(3)18(21)2)30(49)46-31(40-28(41-46)19-8-9-37-26(14-19)50-4)45(24)17-25(47)39-23-7-6-20(15-22(23)33)32(34,35)36/h6-9,14-16H,5,10-13,17H2,1-4H3,(H,39,47). The van der Waals surface area contributed by atoms with E-state index in [0.29, 0.717) is 55.3 Å². The van der Waals surface area contributed by atoms with Gasteiger partial charge < -0.3 is 24.4 Å². The average Bonchev–Trinajstić information content (AvgIpc) is 3.70. The number of nitrogens with zero attached hydrogens (tertiary/aromatic N) is 9. The number of carbonyl (C=O) groups is 2. The van der Waals surface area contributed by atoms with Crippen LogP contribution in [0.3, 0.4) is 0 Å². The highest BCUT2D eigenvalue weighted by Crippen LogP contribution is 2.34. The van der Waals surface area contributed by atoms with Crippen LogP contribution in [-0.2, 0) is 31.0 Å². The van der Waals surface area contributed by atoms with Crippen molar-refractivity contribution in [2.75, 3.05) is 43.5 Å². The van der Waals surface area contributed by atoms with E-state index in [-0.39, 0.29) is 40.5 Å². The fourth-order valence-corrected chi connectivity index (χ4v) is 6.08. The molecule has 5 heterocycles. The van der Waals surface area contributed by atoms with Gasteiger partial charge in [-0.25, -0.2) is 4.98 Å². The van der Waals surface area contributed by atoms with Crippen molar-refractivity contribution in [2.45, 2.75) is 33.0 Å². The number of fused-ring (bicyclic) bond motifs is 1. The molecule has 4 aromatic heterocycles. The maximum Gasteiger partial charge on any atom is 0.416 e. The molecule has 1 aliphatic heterocycles. The van der Waals surface area contributed by atoms with Gasteiger partial charge in [-0.2, -0.15) is 27.8 Å². The van der Waals surface area contributed by atoms with Crippen LogP contribution >= 0.6 is 11.6 Å². The van der Waals surface area contributed by atoms with E-state index < -0.39 is 23.2 Å². The summed E-state index contributed by atoms with van der Waals surface area (Å²) in [6.45, 7) is 4.53. The molecule has 0 saturated carbocycles. The van der Waals surface area contributed by atoms with Crippen LogP contribution < -0.4 is 20.5 Å². The Labute approximate surface area is 288 Å². The maximum absolute atomic E-state index is 14.2. The van der Waals surface area contributed by atoms with E-state index in [1.165, 1.54) is 19.5 Å². The normalized spacial score (nSPS) is 13.6. The molecule has 0 bridgehead atoms. The first kappa shape index (κ1) is 34.4. The topological polar surface area (TPSA) is 145 Å². The number of hydrogen-bond acceptors (Lipinski definition) is 9. The number of aryl methyl sites for hydroxylation is 1. The van der Waals surface area contributed by atoms with Gasteiger partial charge in [-0.15, -0.1) is 5.10 Å². The third kappa shape index (κ3) is 6.47. The number of nitrogens with one attached hydrogen (secondary N) is 1. The van der Waals surface area contributed by atoms with E-state index in [1.54, 1.807) is 33.3 Å². The first-order chi connectivity index (χ1) is 23.8. The van der Waals surface area contributed by atoms with Crippen molar-refractivity contribution in [3.63, 3.8) is 0 Å². The van der Waals surface area contributed by atoms with Crippen molar-refractivity contribution in [1.82, 2.24) is 38.8 Å². The third-order valence-electron chi connectivity index (χ3n) is 8.58. The quantitative estimate of drug-likeness (QED) is 0.254. The summed E-state index contributed by atoms with van der Waals surface area (Å²) in [5.41, 5.74) is 1.06. The zero-order valence-corrected chi connectivity index (χ0v) is 28.2. The van der Waals surface area contributed by atoms with Crippen LogP contribution in [-0.4, -0.2) is 83.9 Å². The molecule has 1 fully saturated rings. The minimum atomic E-state index is -4.61. The molecule has 0 unspecified atom stereocenters. The highest BCUT2D eigenvalue weighted by atomic mass is 35.5. The molecule has 2 amide bonds. The van der Waals surface area contributed by atoms with Crippen LogP contribution in [0.4, 0.5) is 24.5 Å². The van der Waals surface area contributed by atoms with Crippen LogP contribution in [0.15, 0.2) is 47.5 Å². The van der Waals surface area contributed by atoms with Gasteiger partial charge in [-0.3, -0.25) is 19.1 Å². The van der Waals surface area contributed by atoms with E-state index in [0.717, 1.165) is 28.4 Å². The molecule has 0 radical (unpaired) electrons. The van der Waals surface area contributed by atoms with Gasteiger partial charge in [0.05, 0.1) is 40.8 Å². The van der Waals surface area contributed by atoms with E-state index in [1.807, 2.05) is 18.7 Å². The van der Waals surface area contributed by atoms with Crippen molar-refractivity contribution in [2.24, 2.45) is 7.05 Å². The molecule has 0 spiro atoms. The molecule has 0 atom stereocenters. The van der Waals surface area contributed by atoms with Gasteiger partial charge in [0.25, 0.3) is 11.5 Å². The van der Waals surface area contributed by atoms with Gasteiger partial charge in [0, 0.05) is 56.7 Å². The largest absolute Gasteiger partial charge is 0.481 e. The van der Waals surface area contributed by atoms with E-state index >= 15 is 0 Å². The Bertz CT molecular complexity index is 2170. The Morgan fingerprint density at radius 3 is 2.46 bits per heavy atom. The maximum atomic E-state index is 14.2. The number of pyridine rings is 1. The second-order valence-corrected chi connectivity index (χ2v) is 12.0. The fraction of sp³-hybridized carbons (Fsp3) is 0.344. The number of methoxy groups -OCH3 is 1. The summed E-state index contributed by atoms with van der Waals surface area (Å²) < 4.78 is 49.1. The van der Waals surface area contributed by atoms with Crippen LogP contribution in [0.2, 0.25) is 5.02 Å². The van der Waals surface area contributed by atoms with Crippen molar-refractivity contribution in [3.8, 4) is 17.3 Å². The molecule has 1 aliphatic rings. The first-order valence-electron chi connectivity index (χ1n) is 15.5. The van der Waals surface area contributed by atoms with Crippen molar-refractivity contribution in [1.29, 1.82) is 0 Å². The SMILES string of the molecule is CCc1c(N2CCN(C(=O)c3cnn(C)c3C)CC2)c(=O)n2nc(-c3ccnc(OC)c3)nc2n1CC(=O)Nc1ccc(C(F)(F)F)cc1Cl. The Hall–Kier alpha value is -5.45. The molecular weight excluding hydrogens is 681 g/mol. The second-order valence-electron chi connectivity index (χ2n) is 11.6. The van der Waals surface area contributed by atoms with Gasteiger partial charge in [0.15, 0.2) is 5.82 Å². The molecule has 0 aliphatic carbocycles. The molecule has 1 aromatic carbocycles. The number of aromatic nitrogens is 7. The first-order valence-corrected chi connectivity index (χ1v) is 15.9. The molecule has 18 heteroatoms. The number of piperazine rings is 1. The van der Waals surface area contributed by atoms with Gasteiger partial charge in [0.1, 0.15) is 12.2 Å². The molecule has 6 rings (SSSR count). The Morgan fingerprint density at radius 1 is 1.10 bits per heavy atom. The monoisotopic (exact) mass is 712 g/mol. The van der Waals surface area contributed by atoms with E-state index in [2.05, 4.69) is 25.5 Å². The fourth-order valence-electron chi connectivity index (χ4n) is 5.85. The van der Waals surface area contributed by atoms with Gasteiger partial charge >= 0.3 is 6.18 Å². The highest BCUT2D eigenvalue weighted by Gasteiger charge is 2.32. The number of carbonyl (C=O) groups excluding carboxylic acids is 2. The Kier molecular flexibility index (Phi) is 9.26. The van der Waals surface area contributed by atoms with Crippen LogP contribution in [0, 0.1) is 6.92 Å². The minimum absolute atomic E-state index is 0.0179. The summed E-state index contributed by atoms with van der Waals surface area (Å²) in [4.78, 5) is 53.3. The number of hydrogen-bond donors (Lipinski definition) is 1. The summed E-state index contributed by atoms with van der Waals surface area (Å²) >= 11 is 6.12. The summed E-state index contributed by atoms with van der Waals surface area (Å²) in [6, 6.07) is 5.88. The predicted molar refractivity (Wildman–Crippen MR) is 178 cm³/mol. The highest BCUT2D eigenvalue weighted by molar-refractivity contribution is 6.33. The van der Waals surface area contributed by atoms with Gasteiger partial charge in [-0.1, -0.05) is 18.5 Å². The van der Waals surface area contributed by atoms with Gasteiger partial charge in [-0.05, 0) is 37.6 Å². The lowest BCUT2D eigenvalue weighted by atomic mass is 10.1. The summed E-state index contributed by atoms with van der Waals surface area (Å²) in [5, 5.41) is 11.0. The zero-order valence-electron chi connectivity index (χ0n) is 27.5. The average molecular weight is 713 g/mol. The van der Waals surface area contributed by atoms with Crippen molar-refractivity contribution >= 4 is 40.6 Å². The van der Waals surface area contributed by atoms with Crippen LogP contribution in [0.1, 0.15) is 34.2 Å². The molecule has 50 heavy (non-hydrogen) atoms. The number of rotatable bonds is 8. The molecule has 1 N–H and O–H groups in total. The number of ether oxygens (including phenoxy) is 1. The molecule has 14 nitrogen and oxygen atoms in total. The summed E-state index contributed by atoms with van der Waals surface area (Å²) in [5.74, 6) is -0.255. The second kappa shape index (κ2) is 13.5. The minimum Gasteiger partial charge on any atom is -0.481 e. The molecule has 1 saturated heterocycles. The lowest BCUT2D eigenvalue weighted by Gasteiger charge is -2.36. The van der Waals surface area contributed by atoms with E-state index in [4.69, 9.17) is 16.3 Å². The molecule has 5 aromatic rings. The number of amides is 2. The third-order valence-corrected chi connectivity index (χ3v) is 8.90. The van der Waals surface area contributed by atoms with Gasteiger partial charge in [0.2, 0.25) is 17.6 Å². The summed E-state index contributed by atoms with van der Waals surface area (Å²) in [6.07, 6.45) is -1.27. The number of alkyl halides is 3. The molecular formula is C32H32ClF3N10O4.